The van der Waals surface area contributed by atoms with E-state index in [9.17, 15) is 24.4 Å². The van der Waals surface area contributed by atoms with Gasteiger partial charge in [-0.3, -0.25) is 13.9 Å². The molecule has 1 saturated heterocycles. The van der Waals surface area contributed by atoms with E-state index in [1.807, 2.05) is 0 Å². The molecule has 1 aliphatic heterocycles. The number of hydrogen-bond donors (Lipinski definition) is 4. The zero-order valence-corrected chi connectivity index (χ0v) is 22.8. The molecule has 1 aromatic carbocycles. The van der Waals surface area contributed by atoms with E-state index in [4.69, 9.17) is 24.3 Å². The second-order valence-corrected chi connectivity index (χ2v) is 12.0. The molecule has 1 aliphatic rings. The van der Waals surface area contributed by atoms with Crippen LogP contribution in [0.4, 0.5) is 5.82 Å². The highest BCUT2D eigenvalue weighted by Gasteiger charge is 2.54. The number of aliphatic hydroxyl groups is 2. The van der Waals surface area contributed by atoms with Gasteiger partial charge < -0.3 is 29.9 Å². The average Bonchev–Trinajstić information content (AvgIpc) is 3.04. The molecule has 1 fully saturated rings. The van der Waals surface area contributed by atoms with Crippen LogP contribution in [-0.2, 0) is 23.4 Å². The molecule has 6 atom stereocenters. The first-order valence-electron chi connectivity index (χ1n) is 12.0. The highest BCUT2D eigenvalue weighted by atomic mass is 31.2. The number of carbonyl (C=O) groups excluding carboxylic acids is 1. The predicted molar refractivity (Wildman–Crippen MR) is 137 cm³/mol. The molecule has 0 amide bonds. The van der Waals surface area contributed by atoms with Crippen molar-refractivity contribution in [1.29, 1.82) is 0 Å². The summed E-state index contributed by atoms with van der Waals surface area (Å²) in [7, 11) is -4.14. The predicted octanol–water partition coefficient (Wildman–Crippen LogP) is 1.61. The van der Waals surface area contributed by atoms with Crippen LogP contribution in [0.15, 0.2) is 47.4 Å². The summed E-state index contributed by atoms with van der Waals surface area (Å²) < 4.78 is 37.0. The van der Waals surface area contributed by atoms with Crippen molar-refractivity contribution in [2.24, 2.45) is 5.41 Å². The number of nitrogen functional groups attached to an aromatic ring is 1. The molecule has 0 spiro atoms. The maximum Gasteiger partial charge on any atom is 0.459 e. The standard InChI is InChI=1S/C24H35N4O9P/c1-15(13-34-21(30)23(2,3)4)27-38(33,37-16-9-7-6-8-10-16)35-14-17-19(29)24(5,32)20(36-17)28-12-11-18(25)26-22(28)31/h6-12,15,17,19-20,29,32H,13-14H2,1-5H3,(H,27,33)(H2,25,26,31)/t15-,17+,19+,20+,24+,38?/m0/s1. The molecule has 210 valence electrons. The van der Waals surface area contributed by atoms with Crippen LogP contribution < -0.4 is 21.0 Å². The van der Waals surface area contributed by atoms with Crippen molar-refractivity contribution < 1.29 is 38.1 Å². The van der Waals surface area contributed by atoms with E-state index in [1.165, 1.54) is 19.2 Å². The van der Waals surface area contributed by atoms with Crippen molar-refractivity contribution in [3.63, 3.8) is 0 Å². The molecule has 1 aromatic heterocycles. The van der Waals surface area contributed by atoms with E-state index in [1.54, 1.807) is 58.0 Å². The molecule has 2 aromatic rings. The quantitative estimate of drug-likeness (QED) is 0.246. The monoisotopic (exact) mass is 554 g/mol. The molecular weight excluding hydrogens is 519 g/mol. The second-order valence-electron chi connectivity index (χ2n) is 10.3. The van der Waals surface area contributed by atoms with Crippen molar-refractivity contribution >= 4 is 19.5 Å². The number of rotatable bonds is 10. The Morgan fingerprint density at radius 2 is 1.97 bits per heavy atom. The number of anilines is 1. The van der Waals surface area contributed by atoms with E-state index in [0.717, 1.165) is 4.57 Å². The van der Waals surface area contributed by atoms with Crippen LogP contribution in [0.5, 0.6) is 5.75 Å². The Kier molecular flexibility index (Phi) is 9.02. The summed E-state index contributed by atoms with van der Waals surface area (Å²) in [6.45, 7) is 7.44. The number of benzene rings is 1. The summed E-state index contributed by atoms with van der Waals surface area (Å²) in [4.78, 5) is 28.0. The number of nitrogens with two attached hydrogens (primary N) is 1. The average molecular weight is 555 g/mol. The molecule has 1 unspecified atom stereocenters. The van der Waals surface area contributed by atoms with Crippen LogP contribution in [0.2, 0.25) is 0 Å². The number of esters is 1. The second kappa shape index (κ2) is 11.5. The van der Waals surface area contributed by atoms with Crippen molar-refractivity contribution in [2.45, 2.75) is 64.7 Å². The van der Waals surface area contributed by atoms with Crippen LogP contribution in [0.25, 0.3) is 0 Å². The Hall–Kier alpha value is -2.80. The van der Waals surface area contributed by atoms with Gasteiger partial charge in [-0.05, 0) is 52.8 Å². The van der Waals surface area contributed by atoms with E-state index < -0.39 is 61.5 Å². The zero-order valence-electron chi connectivity index (χ0n) is 21.9. The topological polar surface area (TPSA) is 184 Å². The third-order valence-electron chi connectivity index (χ3n) is 5.69. The minimum atomic E-state index is -4.14. The van der Waals surface area contributed by atoms with Crippen molar-refractivity contribution in [2.75, 3.05) is 18.9 Å². The SMILES string of the molecule is C[C@@H](COC(=O)C(C)(C)C)NP(=O)(OC[C@H]1O[C@@H](n2ccc(N)nc2=O)[C@](C)(O)[C@@H]1O)Oc1ccccc1. The minimum absolute atomic E-state index is 0.0169. The summed E-state index contributed by atoms with van der Waals surface area (Å²) in [6.07, 6.45) is -2.79. The molecule has 14 heteroatoms. The highest BCUT2D eigenvalue weighted by molar-refractivity contribution is 7.52. The Balaban J connectivity index is 1.75. The Labute approximate surface area is 220 Å². The maximum absolute atomic E-state index is 13.7. The lowest BCUT2D eigenvalue weighted by atomic mass is 9.96. The van der Waals surface area contributed by atoms with Gasteiger partial charge in [0, 0.05) is 12.2 Å². The fraction of sp³-hybridized carbons (Fsp3) is 0.542. The van der Waals surface area contributed by atoms with Crippen LogP contribution in [0.3, 0.4) is 0 Å². The summed E-state index contributed by atoms with van der Waals surface area (Å²) >= 11 is 0. The fourth-order valence-electron chi connectivity index (χ4n) is 3.59. The highest BCUT2D eigenvalue weighted by Crippen LogP contribution is 2.46. The third kappa shape index (κ3) is 7.19. The number of hydrogen-bond acceptors (Lipinski definition) is 11. The number of ether oxygens (including phenoxy) is 2. The van der Waals surface area contributed by atoms with Gasteiger partial charge in [0.15, 0.2) is 6.23 Å². The summed E-state index contributed by atoms with van der Waals surface area (Å²) in [5, 5.41) is 24.4. The number of nitrogens with zero attached hydrogens (tertiary/aromatic N) is 2. The lowest BCUT2D eigenvalue weighted by Gasteiger charge is -2.27. The largest absolute Gasteiger partial charge is 0.464 e. The smallest absolute Gasteiger partial charge is 0.459 e. The van der Waals surface area contributed by atoms with Gasteiger partial charge in [0.05, 0.1) is 12.0 Å². The van der Waals surface area contributed by atoms with Crippen LogP contribution in [0.1, 0.15) is 40.8 Å². The fourth-order valence-corrected chi connectivity index (χ4v) is 5.12. The number of carbonyl (C=O) groups is 1. The van der Waals surface area contributed by atoms with Gasteiger partial charge >= 0.3 is 19.4 Å². The van der Waals surface area contributed by atoms with Gasteiger partial charge in [0.25, 0.3) is 0 Å². The Morgan fingerprint density at radius 3 is 2.58 bits per heavy atom. The number of aromatic nitrogens is 2. The molecule has 3 rings (SSSR count). The van der Waals surface area contributed by atoms with E-state index in [-0.39, 0.29) is 18.2 Å². The molecule has 0 saturated carbocycles. The van der Waals surface area contributed by atoms with Gasteiger partial charge in [0.1, 0.15) is 36.0 Å². The first-order valence-corrected chi connectivity index (χ1v) is 13.5. The molecule has 0 radical (unpaired) electrons. The molecule has 0 bridgehead atoms. The van der Waals surface area contributed by atoms with E-state index >= 15 is 0 Å². The molecule has 38 heavy (non-hydrogen) atoms. The van der Waals surface area contributed by atoms with Crippen molar-refractivity contribution in [3.8, 4) is 5.75 Å². The number of nitrogens with one attached hydrogen (secondary N) is 1. The minimum Gasteiger partial charge on any atom is -0.464 e. The molecule has 2 heterocycles. The van der Waals surface area contributed by atoms with E-state index in [0.29, 0.717) is 0 Å². The van der Waals surface area contributed by atoms with Gasteiger partial charge in [-0.2, -0.15) is 4.98 Å². The van der Waals surface area contributed by atoms with Gasteiger partial charge in [-0.1, -0.05) is 18.2 Å². The van der Waals surface area contributed by atoms with Gasteiger partial charge in [-0.15, -0.1) is 0 Å². The summed E-state index contributed by atoms with van der Waals surface area (Å²) in [5.74, 6) is -0.217. The normalized spacial score (nSPS) is 25.9. The lowest BCUT2D eigenvalue weighted by molar-refractivity contribution is -0.153. The van der Waals surface area contributed by atoms with E-state index in [2.05, 4.69) is 10.1 Å². The summed E-state index contributed by atoms with van der Waals surface area (Å²) in [6, 6.07) is 8.95. The Morgan fingerprint density at radius 1 is 1.32 bits per heavy atom. The number of para-hydroxylation sites is 1. The molecular formula is C24H35N4O9P. The van der Waals surface area contributed by atoms with Gasteiger partial charge in [0.2, 0.25) is 0 Å². The lowest BCUT2D eigenvalue weighted by Crippen LogP contribution is -2.46. The molecule has 0 aliphatic carbocycles. The first kappa shape index (κ1) is 29.8. The first-order chi connectivity index (χ1) is 17.6. The molecule has 5 N–H and O–H groups in total. The number of aliphatic hydroxyl groups excluding tert-OH is 1. The van der Waals surface area contributed by atoms with Crippen molar-refractivity contribution in [1.82, 2.24) is 14.6 Å². The van der Waals surface area contributed by atoms with Crippen LogP contribution >= 0.6 is 7.75 Å². The third-order valence-corrected chi connectivity index (χ3v) is 7.39. The van der Waals surface area contributed by atoms with Crippen molar-refractivity contribution in [3.05, 3.63) is 53.1 Å². The zero-order chi connectivity index (χ0) is 28.3. The van der Waals surface area contributed by atoms with Gasteiger partial charge in [-0.25, -0.2) is 14.4 Å². The molecule has 13 nitrogen and oxygen atoms in total. The summed E-state index contributed by atoms with van der Waals surface area (Å²) in [5.41, 5.74) is 2.09. The Bertz CT molecular complexity index is 1220. The van der Waals surface area contributed by atoms with Crippen LogP contribution in [0, 0.1) is 5.41 Å². The maximum atomic E-state index is 13.7. The van der Waals surface area contributed by atoms with Crippen LogP contribution in [-0.4, -0.2) is 62.8 Å².